The van der Waals surface area contributed by atoms with Gasteiger partial charge in [-0.2, -0.15) is 0 Å². The lowest BCUT2D eigenvalue weighted by Crippen LogP contribution is -2.17. The molecule has 116 valence electrons. The summed E-state index contributed by atoms with van der Waals surface area (Å²) < 4.78 is -0.211. The molecular weight excluding hydrogens is 399 g/mol. The van der Waals surface area contributed by atoms with Crippen LogP contribution in [0.4, 0.5) is 5.69 Å². The molecule has 0 unspecified atom stereocenters. The maximum Gasteiger partial charge on any atom is 0.241 e. The van der Waals surface area contributed by atoms with Gasteiger partial charge in [0.1, 0.15) is 3.92 Å². The highest BCUT2D eigenvalue weighted by atomic mass is 127. The third-order valence-electron chi connectivity index (χ3n) is 3.85. The fraction of sp³-hybridized carbons (Fsp3) is 0.158. The van der Waals surface area contributed by atoms with Gasteiger partial charge in [0.05, 0.1) is 0 Å². The van der Waals surface area contributed by atoms with Crippen molar-refractivity contribution in [3.8, 4) is 0 Å². The first-order chi connectivity index (χ1) is 11.2. The molecule has 1 aromatic heterocycles. The molecule has 3 aromatic rings. The van der Waals surface area contributed by atoms with Crippen LogP contribution in [0.2, 0.25) is 0 Å². The van der Waals surface area contributed by atoms with Crippen molar-refractivity contribution in [2.45, 2.75) is 17.3 Å². The summed E-state index contributed by atoms with van der Waals surface area (Å²) in [5.74, 6) is -0.0000869. The van der Waals surface area contributed by atoms with Crippen molar-refractivity contribution in [3.05, 3.63) is 72.1 Å². The molecule has 0 fully saturated rings. The lowest BCUT2D eigenvalue weighted by Gasteiger charge is -2.15. The number of nitrogens with one attached hydrogen (secondary N) is 1. The smallest absolute Gasteiger partial charge is 0.241 e. The Labute approximate surface area is 149 Å². The van der Waals surface area contributed by atoms with Crippen molar-refractivity contribution in [1.82, 2.24) is 4.98 Å². The number of amides is 1. The van der Waals surface area contributed by atoms with E-state index in [1.807, 2.05) is 48.7 Å². The molecule has 0 radical (unpaired) electrons. The number of pyridine rings is 1. The van der Waals surface area contributed by atoms with Crippen molar-refractivity contribution in [2.75, 3.05) is 5.32 Å². The van der Waals surface area contributed by atoms with E-state index in [4.69, 9.17) is 0 Å². The van der Waals surface area contributed by atoms with Crippen molar-refractivity contribution in [1.29, 1.82) is 0 Å². The van der Waals surface area contributed by atoms with E-state index >= 15 is 0 Å². The number of rotatable bonds is 4. The van der Waals surface area contributed by atoms with Crippen molar-refractivity contribution >= 4 is 45.0 Å². The minimum atomic E-state index is -0.211. The van der Waals surface area contributed by atoms with Crippen molar-refractivity contribution < 1.29 is 4.79 Å². The number of hydrogen-bond acceptors (Lipinski definition) is 2. The van der Waals surface area contributed by atoms with E-state index in [9.17, 15) is 4.79 Å². The summed E-state index contributed by atoms with van der Waals surface area (Å²) in [6, 6.07) is 15.9. The predicted molar refractivity (Wildman–Crippen MR) is 103 cm³/mol. The van der Waals surface area contributed by atoms with Gasteiger partial charge in [-0.15, -0.1) is 0 Å². The molecule has 3 nitrogen and oxygen atoms in total. The van der Waals surface area contributed by atoms with Crippen LogP contribution in [0.15, 0.2) is 60.9 Å². The minimum Gasteiger partial charge on any atom is -0.325 e. The van der Waals surface area contributed by atoms with E-state index in [1.54, 1.807) is 6.20 Å². The van der Waals surface area contributed by atoms with Crippen LogP contribution in [-0.2, 0) is 11.2 Å². The van der Waals surface area contributed by atoms with Gasteiger partial charge >= 0.3 is 0 Å². The number of carbonyl (C=O) groups excluding carboxylic acids is 1. The molecule has 0 spiro atoms. The number of fused-ring (bicyclic) bond motifs is 1. The Morgan fingerprint density at radius 3 is 2.83 bits per heavy atom. The Kier molecular flexibility index (Phi) is 4.91. The maximum atomic E-state index is 12.6. The van der Waals surface area contributed by atoms with Crippen LogP contribution >= 0.6 is 22.6 Å². The van der Waals surface area contributed by atoms with Crippen molar-refractivity contribution in [3.63, 3.8) is 0 Å². The lowest BCUT2D eigenvalue weighted by molar-refractivity contribution is -0.115. The van der Waals surface area contributed by atoms with Gasteiger partial charge in [-0.05, 0) is 41.1 Å². The van der Waals surface area contributed by atoms with Crippen LogP contribution in [0, 0.1) is 0 Å². The highest BCUT2D eigenvalue weighted by molar-refractivity contribution is 14.1. The fourth-order valence-electron chi connectivity index (χ4n) is 2.61. The summed E-state index contributed by atoms with van der Waals surface area (Å²) in [7, 11) is 0. The molecule has 1 amide bonds. The predicted octanol–water partition coefficient (Wildman–Crippen LogP) is 4.91. The summed E-state index contributed by atoms with van der Waals surface area (Å²) in [5, 5.41) is 5.15. The van der Waals surface area contributed by atoms with Gasteiger partial charge in [-0.3, -0.25) is 9.78 Å². The van der Waals surface area contributed by atoms with E-state index in [2.05, 4.69) is 45.9 Å². The fourth-order valence-corrected chi connectivity index (χ4v) is 3.37. The summed E-state index contributed by atoms with van der Waals surface area (Å²) in [4.78, 5) is 16.7. The number of aromatic nitrogens is 1. The minimum absolute atomic E-state index is 0.0000869. The Bertz CT molecular complexity index is 847. The molecule has 0 saturated heterocycles. The topological polar surface area (TPSA) is 42.0 Å². The molecule has 1 atom stereocenters. The molecule has 2 aromatic carbocycles. The number of carbonyl (C=O) groups is 1. The van der Waals surface area contributed by atoms with E-state index < -0.39 is 0 Å². The van der Waals surface area contributed by atoms with Crippen LogP contribution in [0.25, 0.3) is 10.8 Å². The second kappa shape index (κ2) is 7.08. The third kappa shape index (κ3) is 3.52. The van der Waals surface area contributed by atoms with Gasteiger partial charge in [0, 0.05) is 23.5 Å². The molecular formula is C19H17IN2O. The number of hydrogen-bond donors (Lipinski definition) is 1. The number of nitrogens with zero attached hydrogens (tertiary/aromatic N) is 1. The molecule has 0 aliphatic carbocycles. The van der Waals surface area contributed by atoms with Crippen molar-refractivity contribution in [2.24, 2.45) is 0 Å². The largest absolute Gasteiger partial charge is 0.325 e. The van der Waals surface area contributed by atoms with E-state index in [-0.39, 0.29) is 9.83 Å². The zero-order valence-corrected chi connectivity index (χ0v) is 14.9. The Morgan fingerprint density at radius 1 is 1.17 bits per heavy atom. The summed E-state index contributed by atoms with van der Waals surface area (Å²) in [6.07, 6.45) is 4.50. The van der Waals surface area contributed by atoms with E-state index in [1.165, 1.54) is 5.56 Å². The van der Waals surface area contributed by atoms with Gasteiger partial charge in [0.25, 0.3) is 0 Å². The molecule has 0 aliphatic rings. The van der Waals surface area contributed by atoms with Gasteiger partial charge in [0.15, 0.2) is 0 Å². The van der Waals surface area contributed by atoms with Gasteiger partial charge < -0.3 is 5.32 Å². The summed E-state index contributed by atoms with van der Waals surface area (Å²) >= 11 is 2.21. The second-order valence-electron chi connectivity index (χ2n) is 5.34. The summed E-state index contributed by atoms with van der Waals surface area (Å²) in [5.41, 5.74) is 3.11. The normalized spacial score (nSPS) is 12.1. The highest BCUT2D eigenvalue weighted by Gasteiger charge is 2.19. The van der Waals surface area contributed by atoms with Crippen LogP contribution < -0.4 is 5.32 Å². The SMILES string of the molecule is CCc1ccccc1[C@@H](I)C(=O)Nc1ccc2cnccc2c1. The Hall–Kier alpha value is -1.95. The molecule has 0 saturated carbocycles. The van der Waals surface area contributed by atoms with Gasteiger partial charge in [-0.1, -0.05) is 59.8 Å². The molecule has 0 bridgehead atoms. The molecule has 3 rings (SSSR count). The number of benzene rings is 2. The number of halogens is 1. The maximum absolute atomic E-state index is 12.6. The number of alkyl halides is 1. The lowest BCUT2D eigenvalue weighted by atomic mass is 10.0. The zero-order valence-electron chi connectivity index (χ0n) is 12.8. The first-order valence-electron chi connectivity index (χ1n) is 7.55. The first-order valence-corrected chi connectivity index (χ1v) is 8.80. The molecule has 1 N–H and O–H groups in total. The molecule has 23 heavy (non-hydrogen) atoms. The van der Waals surface area contributed by atoms with Gasteiger partial charge in [-0.25, -0.2) is 0 Å². The number of anilines is 1. The van der Waals surface area contributed by atoms with Crippen LogP contribution in [0.3, 0.4) is 0 Å². The highest BCUT2D eigenvalue weighted by Crippen LogP contribution is 2.29. The van der Waals surface area contributed by atoms with Crippen LogP contribution in [-0.4, -0.2) is 10.9 Å². The van der Waals surface area contributed by atoms with Crippen LogP contribution in [0.1, 0.15) is 22.0 Å². The monoisotopic (exact) mass is 416 g/mol. The average molecular weight is 416 g/mol. The standard InChI is InChI=1S/C19H17IN2O/c1-2-13-5-3-4-6-17(13)18(20)19(23)22-16-8-7-15-12-21-10-9-14(15)11-16/h3-12,18H,2H2,1H3,(H,22,23)/t18-/m1/s1. The van der Waals surface area contributed by atoms with Gasteiger partial charge in [0.2, 0.25) is 5.91 Å². The van der Waals surface area contributed by atoms with E-state index in [0.29, 0.717) is 0 Å². The summed E-state index contributed by atoms with van der Waals surface area (Å²) in [6.45, 7) is 2.11. The Balaban J connectivity index is 1.82. The molecule has 1 heterocycles. The molecule has 0 aliphatic heterocycles. The third-order valence-corrected chi connectivity index (χ3v) is 5.08. The first kappa shape index (κ1) is 15.9. The second-order valence-corrected chi connectivity index (χ2v) is 6.59. The number of aryl methyl sites for hydroxylation is 1. The van der Waals surface area contributed by atoms with Crippen LogP contribution in [0.5, 0.6) is 0 Å². The van der Waals surface area contributed by atoms with E-state index in [0.717, 1.165) is 28.4 Å². The Morgan fingerprint density at radius 2 is 2.00 bits per heavy atom. The zero-order chi connectivity index (χ0) is 16.2. The average Bonchev–Trinajstić information content (AvgIpc) is 2.60. The molecule has 4 heteroatoms. The quantitative estimate of drug-likeness (QED) is 0.485.